The number of hydrogen-bond donors (Lipinski definition) is 2. The van der Waals surface area contributed by atoms with Crippen molar-refractivity contribution < 1.29 is 4.39 Å². The predicted molar refractivity (Wildman–Crippen MR) is 50.6 cm³/mol. The molecule has 4 heteroatoms. The molecule has 0 unspecified atom stereocenters. The van der Waals surface area contributed by atoms with E-state index >= 15 is 0 Å². The maximum atomic E-state index is 13.5. The highest BCUT2D eigenvalue weighted by Gasteiger charge is 2.30. The van der Waals surface area contributed by atoms with E-state index in [-0.39, 0.29) is 6.04 Å². The number of piperidine rings is 1. The summed E-state index contributed by atoms with van der Waals surface area (Å²) in [6, 6.07) is 0.121. The van der Waals surface area contributed by atoms with E-state index in [4.69, 9.17) is 0 Å². The van der Waals surface area contributed by atoms with E-state index in [1.54, 1.807) is 0 Å². The SMILES string of the molecule is F[C@@H]1CCNC[C@@H]1N1CCNCC1. The van der Waals surface area contributed by atoms with Gasteiger partial charge in [-0.3, -0.25) is 4.90 Å². The van der Waals surface area contributed by atoms with Gasteiger partial charge in [0.05, 0.1) is 6.04 Å². The minimum Gasteiger partial charge on any atom is -0.315 e. The molecule has 76 valence electrons. The van der Waals surface area contributed by atoms with Crippen LogP contribution in [0, 0.1) is 0 Å². The second-order valence-corrected chi connectivity index (χ2v) is 3.86. The van der Waals surface area contributed by atoms with Crippen LogP contribution in [-0.2, 0) is 0 Å². The summed E-state index contributed by atoms with van der Waals surface area (Å²) >= 11 is 0. The van der Waals surface area contributed by atoms with Crippen LogP contribution in [0.5, 0.6) is 0 Å². The maximum Gasteiger partial charge on any atom is 0.118 e. The van der Waals surface area contributed by atoms with Crippen molar-refractivity contribution in [3.8, 4) is 0 Å². The smallest absolute Gasteiger partial charge is 0.118 e. The fourth-order valence-corrected chi connectivity index (χ4v) is 2.18. The standard InChI is InChI=1S/C9H18FN3/c10-8-1-2-12-7-9(8)13-5-3-11-4-6-13/h8-9,11-12H,1-7H2/t8-,9+/m1/s1. The van der Waals surface area contributed by atoms with Gasteiger partial charge in [-0.25, -0.2) is 4.39 Å². The van der Waals surface area contributed by atoms with Gasteiger partial charge in [0.25, 0.3) is 0 Å². The van der Waals surface area contributed by atoms with Crippen molar-refractivity contribution in [2.24, 2.45) is 0 Å². The van der Waals surface area contributed by atoms with Crippen LogP contribution in [0.2, 0.25) is 0 Å². The van der Waals surface area contributed by atoms with Gasteiger partial charge in [-0.15, -0.1) is 0 Å². The normalized spacial score (nSPS) is 37.6. The topological polar surface area (TPSA) is 27.3 Å². The third kappa shape index (κ3) is 2.18. The predicted octanol–water partition coefficient (Wildman–Crippen LogP) is -0.408. The summed E-state index contributed by atoms with van der Waals surface area (Å²) in [6.45, 7) is 5.65. The highest BCUT2D eigenvalue weighted by molar-refractivity contribution is 4.87. The Morgan fingerprint density at radius 1 is 1.08 bits per heavy atom. The van der Waals surface area contributed by atoms with Crippen LogP contribution in [0.3, 0.4) is 0 Å². The molecule has 0 amide bonds. The molecule has 2 aliphatic heterocycles. The number of rotatable bonds is 1. The van der Waals surface area contributed by atoms with E-state index in [0.29, 0.717) is 6.42 Å². The second kappa shape index (κ2) is 4.35. The van der Waals surface area contributed by atoms with Crippen molar-refractivity contribution >= 4 is 0 Å². The van der Waals surface area contributed by atoms with Crippen LogP contribution in [0.15, 0.2) is 0 Å². The Kier molecular flexibility index (Phi) is 3.14. The van der Waals surface area contributed by atoms with Crippen LogP contribution in [0.1, 0.15) is 6.42 Å². The first-order valence-corrected chi connectivity index (χ1v) is 5.17. The number of hydrogen-bond acceptors (Lipinski definition) is 3. The Bertz CT molecular complexity index is 159. The van der Waals surface area contributed by atoms with Crippen molar-refractivity contribution in [2.45, 2.75) is 18.6 Å². The molecule has 3 nitrogen and oxygen atoms in total. The minimum atomic E-state index is -0.626. The zero-order valence-electron chi connectivity index (χ0n) is 7.93. The summed E-state index contributed by atoms with van der Waals surface area (Å²) in [4.78, 5) is 2.27. The van der Waals surface area contributed by atoms with Gasteiger partial charge in [0.1, 0.15) is 6.17 Å². The van der Waals surface area contributed by atoms with E-state index < -0.39 is 6.17 Å². The Balaban J connectivity index is 1.88. The lowest BCUT2D eigenvalue weighted by Gasteiger charge is -2.39. The highest BCUT2D eigenvalue weighted by Crippen LogP contribution is 2.14. The quantitative estimate of drug-likeness (QED) is 0.584. The molecule has 2 aliphatic rings. The number of alkyl halides is 1. The third-order valence-electron chi connectivity index (χ3n) is 2.99. The molecular formula is C9H18FN3. The lowest BCUT2D eigenvalue weighted by molar-refractivity contribution is 0.0758. The fraction of sp³-hybridized carbons (Fsp3) is 1.00. The maximum absolute atomic E-state index is 13.5. The molecule has 0 bridgehead atoms. The Morgan fingerprint density at radius 3 is 2.54 bits per heavy atom. The third-order valence-corrected chi connectivity index (χ3v) is 2.99. The summed E-state index contributed by atoms with van der Waals surface area (Å²) in [7, 11) is 0. The molecule has 2 atom stereocenters. The van der Waals surface area contributed by atoms with E-state index in [9.17, 15) is 4.39 Å². The largest absolute Gasteiger partial charge is 0.315 e. The van der Waals surface area contributed by atoms with E-state index in [2.05, 4.69) is 15.5 Å². The molecule has 0 radical (unpaired) electrons. The van der Waals surface area contributed by atoms with Gasteiger partial charge < -0.3 is 10.6 Å². The van der Waals surface area contributed by atoms with Crippen LogP contribution in [-0.4, -0.2) is 56.4 Å². The molecule has 2 saturated heterocycles. The summed E-state index contributed by atoms with van der Waals surface area (Å²) in [5, 5.41) is 6.54. The molecule has 2 fully saturated rings. The number of piperazine rings is 1. The van der Waals surface area contributed by atoms with Gasteiger partial charge in [0, 0.05) is 32.7 Å². The summed E-state index contributed by atoms with van der Waals surface area (Å²) < 4.78 is 13.5. The molecule has 0 saturated carbocycles. The molecule has 2 N–H and O–H groups in total. The molecule has 0 spiro atoms. The number of halogens is 1. The van der Waals surface area contributed by atoms with E-state index in [1.807, 2.05) is 0 Å². The summed E-state index contributed by atoms with van der Waals surface area (Å²) in [5.41, 5.74) is 0. The van der Waals surface area contributed by atoms with Crippen LogP contribution >= 0.6 is 0 Å². The Labute approximate surface area is 78.7 Å². The van der Waals surface area contributed by atoms with Crippen molar-refractivity contribution in [1.82, 2.24) is 15.5 Å². The molecule has 0 aromatic heterocycles. The zero-order chi connectivity index (χ0) is 9.10. The first-order valence-electron chi connectivity index (χ1n) is 5.17. The van der Waals surface area contributed by atoms with Gasteiger partial charge in [-0.1, -0.05) is 0 Å². The van der Waals surface area contributed by atoms with E-state index in [0.717, 1.165) is 39.3 Å². The average Bonchev–Trinajstić information content (AvgIpc) is 2.20. The monoisotopic (exact) mass is 187 g/mol. The molecule has 13 heavy (non-hydrogen) atoms. The van der Waals surface area contributed by atoms with E-state index in [1.165, 1.54) is 0 Å². The molecule has 2 rings (SSSR count). The van der Waals surface area contributed by atoms with Crippen molar-refractivity contribution in [1.29, 1.82) is 0 Å². The summed E-state index contributed by atoms with van der Waals surface area (Å²) in [5.74, 6) is 0. The van der Waals surface area contributed by atoms with Crippen molar-refractivity contribution in [3.63, 3.8) is 0 Å². The van der Waals surface area contributed by atoms with Gasteiger partial charge in [-0.05, 0) is 13.0 Å². The van der Waals surface area contributed by atoms with Crippen molar-refractivity contribution in [3.05, 3.63) is 0 Å². The lowest BCUT2D eigenvalue weighted by Crippen LogP contribution is -2.57. The molecule has 2 heterocycles. The number of nitrogens with one attached hydrogen (secondary N) is 2. The Hall–Kier alpha value is -0.190. The first kappa shape index (κ1) is 9.37. The molecule has 0 aliphatic carbocycles. The van der Waals surface area contributed by atoms with Crippen molar-refractivity contribution in [2.75, 3.05) is 39.3 Å². The zero-order valence-corrected chi connectivity index (χ0v) is 7.93. The average molecular weight is 187 g/mol. The van der Waals surface area contributed by atoms with Crippen LogP contribution in [0.25, 0.3) is 0 Å². The van der Waals surface area contributed by atoms with Gasteiger partial charge >= 0.3 is 0 Å². The van der Waals surface area contributed by atoms with Gasteiger partial charge in [0.2, 0.25) is 0 Å². The van der Waals surface area contributed by atoms with Crippen LogP contribution in [0.4, 0.5) is 4.39 Å². The molecule has 0 aromatic carbocycles. The lowest BCUT2D eigenvalue weighted by atomic mass is 10.0. The summed E-state index contributed by atoms with van der Waals surface area (Å²) in [6.07, 6.45) is 0.0496. The molecular weight excluding hydrogens is 169 g/mol. The first-order chi connectivity index (χ1) is 6.38. The second-order valence-electron chi connectivity index (χ2n) is 3.86. The Morgan fingerprint density at radius 2 is 1.85 bits per heavy atom. The number of nitrogens with zero attached hydrogens (tertiary/aromatic N) is 1. The minimum absolute atomic E-state index is 0.121. The fourth-order valence-electron chi connectivity index (χ4n) is 2.18. The van der Waals surface area contributed by atoms with Gasteiger partial charge in [-0.2, -0.15) is 0 Å². The van der Waals surface area contributed by atoms with Gasteiger partial charge in [0.15, 0.2) is 0 Å². The molecule has 0 aromatic rings. The van der Waals surface area contributed by atoms with Crippen LogP contribution < -0.4 is 10.6 Å². The highest BCUT2D eigenvalue weighted by atomic mass is 19.1.